The fourth-order valence-electron chi connectivity index (χ4n) is 2.20. The zero-order valence-electron chi connectivity index (χ0n) is 11.3. The summed E-state index contributed by atoms with van der Waals surface area (Å²) in [4.78, 5) is 0. The largest absolute Gasteiger partial charge is 0.486 e. The van der Waals surface area contributed by atoms with Crippen molar-refractivity contribution in [1.82, 2.24) is 5.32 Å². The minimum Gasteiger partial charge on any atom is -0.486 e. The lowest BCUT2D eigenvalue weighted by atomic mass is 10.2. The highest BCUT2D eigenvalue weighted by atomic mass is 19.1. The number of hydrogen-bond acceptors (Lipinski definition) is 3. The monoisotopic (exact) mass is 291 g/mol. The van der Waals surface area contributed by atoms with Crippen LogP contribution in [0.3, 0.4) is 0 Å². The summed E-state index contributed by atoms with van der Waals surface area (Å²) < 4.78 is 37.6. The molecule has 0 radical (unpaired) electrons. The highest BCUT2D eigenvalue weighted by Gasteiger charge is 2.20. The van der Waals surface area contributed by atoms with E-state index in [4.69, 9.17) is 9.47 Å². The van der Waals surface area contributed by atoms with Crippen LogP contribution in [0, 0.1) is 11.6 Å². The van der Waals surface area contributed by atoms with Crippen LogP contribution in [0.4, 0.5) is 8.78 Å². The van der Waals surface area contributed by atoms with Gasteiger partial charge in [-0.1, -0.05) is 18.2 Å². The Morgan fingerprint density at radius 2 is 1.90 bits per heavy atom. The van der Waals surface area contributed by atoms with Crippen LogP contribution in [0.1, 0.15) is 5.56 Å². The van der Waals surface area contributed by atoms with Crippen molar-refractivity contribution in [3.63, 3.8) is 0 Å². The smallest absolute Gasteiger partial charge is 0.161 e. The van der Waals surface area contributed by atoms with Crippen LogP contribution >= 0.6 is 0 Å². The topological polar surface area (TPSA) is 30.5 Å². The predicted molar refractivity (Wildman–Crippen MR) is 74.4 cm³/mol. The molecule has 3 rings (SSSR count). The van der Waals surface area contributed by atoms with Gasteiger partial charge in [-0.05, 0) is 18.2 Å². The molecule has 2 aromatic carbocycles. The fourth-order valence-corrected chi connectivity index (χ4v) is 2.20. The zero-order valence-corrected chi connectivity index (χ0v) is 11.3. The fraction of sp³-hybridized carbons (Fsp3) is 0.250. The molecule has 1 N–H and O–H groups in total. The molecule has 0 fully saturated rings. The van der Waals surface area contributed by atoms with E-state index in [1.807, 2.05) is 24.3 Å². The number of benzene rings is 2. The number of nitrogens with one attached hydrogen (secondary N) is 1. The Morgan fingerprint density at radius 3 is 2.71 bits per heavy atom. The van der Waals surface area contributed by atoms with Gasteiger partial charge in [0.05, 0.1) is 0 Å². The van der Waals surface area contributed by atoms with Crippen LogP contribution in [-0.2, 0) is 6.54 Å². The summed E-state index contributed by atoms with van der Waals surface area (Å²) >= 11 is 0. The summed E-state index contributed by atoms with van der Waals surface area (Å²) in [7, 11) is 0. The Balaban J connectivity index is 1.52. The maximum Gasteiger partial charge on any atom is 0.161 e. The van der Waals surface area contributed by atoms with Gasteiger partial charge in [0.2, 0.25) is 0 Å². The molecule has 0 bridgehead atoms. The van der Waals surface area contributed by atoms with Gasteiger partial charge in [0.1, 0.15) is 24.3 Å². The zero-order chi connectivity index (χ0) is 14.7. The Bertz CT molecular complexity index is 633. The summed E-state index contributed by atoms with van der Waals surface area (Å²) in [6, 6.07) is 11.0. The van der Waals surface area contributed by atoms with Crippen LogP contribution in [0.15, 0.2) is 42.5 Å². The molecule has 2 aromatic rings. The molecule has 1 aliphatic heterocycles. The van der Waals surface area contributed by atoms with Gasteiger partial charge in [0, 0.05) is 24.7 Å². The van der Waals surface area contributed by atoms with Gasteiger partial charge < -0.3 is 14.8 Å². The van der Waals surface area contributed by atoms with E-state index in [0.717, 1.165) is 11.8 Å². The van der Waals surface area contributed by atoms with Crippen LogP contribution < -0.4 is 14.8 Å². The Morgan fingerprint density at radius 1 is 1.10 bits per heavy atom. The molecule has 0 aromatic heterocycles. The average molecular weight is 291 g/mol. The van der Waals surface area contributed by atoms with Gasteiger partial charge in [0.15, 0.2) is 11.5 Å². The number of rotatable bonds is 4. The third-order valence-corrected chi connectivity index (χ3v) is 3.27. The van der Waals surface area contributed by atoms with E-state index in [1.54, 1.807) is 0 Å². The lowest BCUT2D eigenvalue weighted by Gasteiger charge is -2.26. The Hall–Kier alpha value is -2.14. The molecule has 0 saturated carbocycles. The van der Waals surface area contributed by atoms with E-state index in [1.165, 1.54) is 12.1 Å². The molecular weight excluding hydrogens is 276 g/mol. The first kappa shape index (κ1) is 13.8. The minimum atomic E-state index is -0.572. The van der Waals surface area contributed by atoms with Crippen molar-refractivity contribution >= 4 is 0 Å². The first-order chi connectivity index (χ1) is 10.2. The van der Waals surface area contributed by atoms with Crippen molar-refractivity contribution in [3.05, 3.63) is 59.7 Å². The van der Waals surface area contributed by atoms with E-state index in [0.29, 0.717) is 31.0 Å². The normalized spacial score (nSPS) is 16.8. The molecule has 3 nitrogen and oxygen atoms in total. The molecular formula is C16H15F2NO2. The third kappa shape index (κ3) is 3.31. The second-order valence-electron chi connectivity index (χ2n) is 4.86. The molecule has 5 heteroatoms. The maximum atomic E-state index is 13.5. The molecule has 0 aliphatic carbocycles. The molecule has 1 aliphatic rings. The molecule has 110 valence electrons. The standard InChI is InChI=1S/C16H15F2NO2/c17-12-6-5-11(14(18)7-12)8-19-9-13-10-20-15-3-1-2-4-16(15)21-13/h1-7,13,19H,8-10H2. The van der Waals surface area contributed by atoms with Gasteiger partial charge in [-0.2, -0.15) is 0 Å². The maximum absolute atomic E-state index is 13.5. The van der Waals surface area contributed by atoms with E-state index in [9.17, 15) is 8.78 Å². The summed E-state index contributed by atoms with van der Waals surface area (Å²) in [6.07, 6.45) is -0.136. The van der Waals surface area contributed by atoms with Crippen LogP contribution in [0.5, 0.6) is 11.5 Å². The van der Waals surface area contributed by atoms with E-state index in [2.05, 4.69) is 5.32 Å². The molecule has 0 amide bonds. The van der Waals surface area contributed by atoms with Crippen molar-refractivity contribution in [2.24, 2.45) is 0 Å². The van der Waals surface area contributed by atoms with Gasteiger partial charge in [-0.15, -0.1) is 0 Å². The molecule has 1 heterocycles. The number of halogens is 2. The van der Waals surface area contributed by atoms with Crippen molar-refractivity contribution in [1.29, 1.82) is 0 Å². The number of para-hydroxylation sites is 2. The van der Waals surface area contributed by atoms with Crippen LogP contribution in [0.25, 0.3) is 0 Å². The van der Waals surface area contributed by atoms with Crippen molar-refractivity contribution in [3.8, 4) is 11.5 Å². The first-order valence-electron chi connectivity index (χ1n) is 6.75. The predicted octanol–water partition coefficient (Wildman–Crippen LogP) is 2.89. The lowest BCUT2D eigenvalue weighted by Crippen LogP contribution is -2.38. The van der Waals surface area contributed by atoms with E-state index < -0.39 is 11.6 Å². The summed E-state index contributed by atoms with van der Waals surface area (Å²) in [5.41, 5.74) is 0.425. The number of ether oxygens (including phenoxy) is 2. The Labute approximate surface area is 121 Å². The van der Waals surface area contributed by atoms with E-state index >= 15 is 0 Å². The molecule has 1 atom stereocenters. The summed E-state index contributed by atoms with van der Waals surface area (Å²) in [5.74, 6) is 0.326. The number of fused-ring (bicyclic) bond motifs is 1. The quantitative estimate of drug-likeness (QED) is 0.939. The van der Waals surface area contributed by atoms with Crippen molar-refractivity contribution in [2.75, 3.05) is 13.2 Å². The average Bonchev–Trinajstić information content (AvgIpc) is 2.49. The number of hydrogen-bond donors (Lipinski definition) is 1. The van der Waals surface area contributed by atoms with Gasteiger partial charge in [-0.25, -0.2) is 8.78 Å². The first-order valence-corrected chi connectivity index (χ1v) is 6.75. The second-order valence-corrected chi connectivity index (χ2v) is 4.86. The van der Waals surface area contributed by atoms with Gasteiger partial charge in [-0.3, -0.25) is 0 Å². The third-order valence-electron chi connectivity index (χ3n) is 3.27. The van der Waals surface area contributed by atoms with Crippen molar-refractivity contribution < 1.29 is 18.3 Å². The molecule has 1 unspecified atom stereocenters. The van der Waals surface area contributed by atoms with Crippen LogP contribution in [-0.4, -0.2) is 19.3 Å². The van der Waals surface area contributed by atoms with Crippen LogP contribution in [0.2, 0.25) is 0 Å². The van der Waals surface area contributed by atoms with E-state index in [-0.39, 0.29) is 6.10 Å². The highest BCUT2D eigenvalue weighted by Crippen LogP contribution is 2.30. The summed E-state index contributed by atoms with van der Waals surface area (Å²) in [6.45, 7) is 1.27. The SMILES string of the molecule is Fc1ccc(CNCC2COc3ccccc3O2)c(F)c1. The lowest BCUT2D eigenvalue weighted by molar-refractivity contribution is 0.0901. The van der Waals surface area contributed by atoms with Gasteiger partial charge in [0.25, 0.3) is 0 Å². The van der Waals surface area contributed by atoms with Crippen molar-refractivity contribution in [2.45, 2.75) is 12.6 Å². The molecule has 0 spiro atoms. The minimum absolute atomic E-state index is 0.136. The molecule has 21 heavy (non-hydrogen) atoms. The molecule has 0 saturated heterocycles. The highest BCUT2D eigenvalue weighted by molar-refractivity contribution is 5.40. The van der Waals surface area contributed by atoms with Gasteiger partial charge >= 0.3 is 0 Å². The second kappa shape index (κ2) is 6.10. The Kier molecular flexibility index (Phi) is 4.01. The summed E-state index contributed by atoms with van der Waals surface area (Å²) in [5, 5.41) is 3.10.